The number of imidazole rings is 1. The van der Waals surface area contributed by atoms with Gasteiger partial charge in [-0.3, -0.25) is 9.69 Å². The Morgan fingerprint density at radius 3 is 2.73 bits per heavy atom. The van der Waals surface area contributed by atoms with Gasteiger partial charge in [0.05, 0.1) is 31.4 Å². The van der Waals surface area contributed by atoms with E-state index in [9.17, 15) is 4.79 Å². The normalized spacial score (nSPS) is 18.0. The van der Waals surface area contributed by atoms with Gasteiger partial charge < -0.3 is 20.6 Å². The molecule has 1 aliphatic carbocycles. The van der Waals surface area contributed by atoms with Crippen LogP contribution in [0.3, 0.4) is 0 Å². The number of anilines is 2. The number of benzene rings is 1. The number of nitrogen functional groups attached to an aromatic ring is 1. The molecule has 154 valence electrons. The van der Waals surface area contributed by atoms with Crippen LogP contribution in [0.15, 0.2) is 32.8 Å². The van der Waals surface area contributed by atoms with Crippen LogP contribution in [0.4, 0.5) is 11.4 Å². The number of piperazine rings is 1. The van der Waals surface area contributed by atoms with Gasteiger partial charge in [-0.15, -0.1) is 11.3 Å². The highest BCUT2D eigenvalue weighted by Gasteiger charge is 2.31. The molecule has 2 aliphatic rings. The van der Waals surface area contributed by atoms with Crippen LogP contribution in [0, 0.1) is 0 Å². The zero-order valence-electron chi connectivity index (χ0n) is 16.2. The Kier molecular flexibility index (Phi) is 4.19. The molecule has 2 fully saturated rings. The number of thiophene rings is 1. The highest BCUT2D eigenvalue weighted by Crippen LogP contribution is 2.36. The van der Waals surface area contributed by atoms with Crippen LogP contribution in [-0.4, -0.2) is 52.1 Å². The van der Waals surface area contributed by atoms with Gasteiger partial charge in [0.15, 0.2) is 0 Å². The molecule has 0 radical (unpaired) electrons. The number of nitrogens with two attached hydrogens (primary N) is 1. The maximum Gasteiger partial charge on any atom is 0.261 e. The summed E-state index contributed by atoms with van der Waals surface area (Å²) in [5.74, 6) is 0.505. The summed E-state index contributed by atoms with van der Waals surface area (Å²) in [6.45, 7) is 4.33. The fraction of sp³-hybridized carbons (Fsp3) is 0.333. The van der Waals surface area contributed by atoms with Crippen molar-refractivity contribution in [3.05, 3.63) is 38.4 Å². The van der Waals surface area contributed by atoms with Gasteiger partial charge in [-0.25, -0.2) is 4.98 Å². The minimum atomic E-state index is -0.241. The summed E-state index contributed by atoms with van der Waals surface area (Å²) < 4.78 is 1.69. The lowest BCUT2D eigenvalue weighted by Gasteiger charge is -2.36. The lowest BCUT2D eigenvalue weighted by atomic mass is 10.2. The van der Waals surface area contributed by atoms with E-state index in [-0.39, 0.29) is 5.56 Å². The molecule has 0 atom stereocenters. The first-order valence-corrected chi connectivity index (χ1v) is 11.8. The molecule has 4 N–H and O–H groups in total. The minimum Gasteiger partial charge on any atom is -0.397 e. The highest BCUT2D eigenvalue weighted by molar-refractivity contribution is 9.10. The van der Waals surface area contributed by atoms with Crippen molar-refractivity contribution < 1.29 is 0 Å². The van der Waals surface area contributed by atoms with Crippen LogP contribution >= 0.6 is 27.3 Å². The quantitative estimate of drug-likeness (QED) is 0.411. The van der Waals surface area contributed by atoms with Gasteiger partial charge in [0.1, 0.15) is 11.4 Å². The average molecular weight is 485 g/mol. The number of nitrogens with zero attached hydrogens (tertiary/aromatic N) is 3. The van der Waals surface area contributed by atoms with E-state index in [4.69, 9.17) is 5.73 Å². The smallest absolute Gasteiger partial charge is 0.261 e. The summed E-state index contributed by atoms with van der Waals surface area (Å²) in [4.78, 5) is 28.7. The molecule has 1 saturated heterocycles. The average Bonchev–Trinajstić information content (AvgIpc) is 3.42. The van der Waals surface area contributed by atoms with Gasteiger partial charge in [0.25, 0.3) is 5.56 Å². The number of hydrogen-bond acceptors (Lipinski definition) is 6. The molecule has 3 aromatic heterocycles. The van der Waals surface area contributed by atoms with Crippen LogP contribution in [0.5, 0.6) is 0 Å². The summed E-state index contributed by atoms with van der Waals surface area (Å²) in [5, 5.41) is 1.93. The number of aromatic nitrogens is 3. The van der Waals surface area contributed by atoms with Gasteiger partial charge in [0.2, 0.25) is 0 Å². The Morgan fingerprint density at radius 2 is 1.97 bits per heavy atom. The Morgan fingerprint density at radius 1 is 1.17 bits per heavy atom. The standard InChI is InChI=1S/C21H21BrN6OS/c22-13-10-30-19-17(23)16(21(29)26-18(13)19)20-24-14-4-3-12(9-15(14)25-20)28-7-5-27(6-8-28)11-1-2-11/h3-4,9-11H,1-2,5-8H2,(H,24,25)(H3,23,26,29). The number of fused-ring (bicyclic) bond motifs is 2. The van der Waals surface area contributed by atoms with Crippen LogP contribution in [-0.2, 0) is 0 Å². The topological polar surface area (TPSA) is 94.0 Å². The van der Waals surface area contributed by atoms with E-state index in [0.717, 1.165) is 57.9 Å². The Bertz CT molecular complexity index is 1330. The summed E-state index contributed by atoms with van der Waals surface area (Å²) >= 11 is 4.96. The van der Waals surface area contributed by atoms with Crippen LogP contribution in [0.2, 0.25) is 0 Å². The van der Waals surface area contributed by atoms with Crippen molar-refractivity contribution in [2.45, 2.75) is 18.9 Å². The third-order valence-electron chi connectivity index (χ3n) is 6.17. The third kappa shape index (κ3) is 2.95. The molecule has 9 heteroatoms. The largest absolute Gasteiger partial charge is 0.397 e. The molecule has 1 saturated carbocycles. The van der Waals surface area contributed by atoms with Gasteiger partial charge in [-0.1, -0.05) is 0 Å². The predicted molar refractivity (Wildman–Crippen MR) is 126 cm³/mol. The van der Waals surface area contributed by atoms with E-state index >= 15 is 0 Å². The number of rotatable bonds is 3. The van der Waals surface area contributed by atoms with Gasteiger partial charge in [0, 0.05) is 43.3 Å². The summed E-state index contributed by atoms with van der Waals surface area (Å²) in [7, 11) is 0. The number of aromatic amines is 2. The van der Waals surface area contributed by atoms with Gasteiger partial charge in [-0.05, 0) is 47.0 Å². The molecule has 0 unspecified atom stereocenters. The molecule has 4 aromatic rings. The van der Waals surface area contributed by atoms with E-state index in [1.54, 1.807) is 0 Å². The fourth-order valence-electron chi connectivity index (χ4n) is 4.40. The first-order valence-electron chi connectivity index (χ1n) is 10.2. The predicted octanol–water partition coefficient (Wildman–Crippen LogP) is 3.76. The summed E-state index contributed by atoms with van der Waals surface area (Å²) in [5.41, 5.74) is 10.7. The molecule has 0 spiro atoms. The van der Waals surface area contributed by atoms with E-state index in [0.29, 0.717) is 17.1 Å². The molecule has 0 bridgehead atoms. The van der Waals surface area contributed by atoms with Crippen LogP contribution in [0.25, 0.3) is 32.6 Å². The summed E-state index contributed by atoms with van der Waals surface area (Å²) in [6, 6.07) is 7.09. The number of H-pyrrole nitrogens is 2. The Balaban J connectivity index is 1.35. The minimum absolute atomic E-state index is 0.241. The van der Waals surface area contributed by atoms with E-state index in [1.807, 2.05) is 11.4 Å². The second-order valence-electron chi connectivity index (χ2n) is 8.07. The molecule has 4 heterocycles. The first-order chi connectivity index (χ1) is 14.6. The Hall–Kier alpha value is -2.36. The van der Waals surface area contributed by atoms with E-state index in [2.05, 4.69) is 52.8 Å². The van der Waals surface area contributed by atoms with E-state index < -0.39 is 0 Å². The molecule has 6 rings (SSSR count). The van der Waals surface area contributed by atoms with Crippen LogP contribution in [0.1, 0.15) is 12.8 Å². The fourth-order valence-corrected chi connectivity index (χ4v) is 5.95. The molecule has 1 aromatic carbocycles. The molecule has 0 amide bonds. The first kappa shape index (κ1) is 18.4. The van der Waals surface area contributed by atoms with Crippen molar-refractivity contribution >= 4 is 59.9 Å². The number of halogens is 1. The zero-order valence-corrected chi connectivity index (χ0v) is 18.6. The monoisotopic (exact) mass is 484 g/mol. The number of nitrogens with one attached hydrogen (secondary N) is 2. The summed E-state index contributed by atoms with van der Waals surface area (Å²) in [6.07, 6.45) is 2.72. The molecular weight excluding hydrogens is 464 g/mol. The lowest BCUT2D eigenvalue weighted by Crippen LogP contribution is -2.47. The highest BCUT2D eigenvalue weighted by atomic mass is 79.9. The molecule has 7 nitrogen and oxygen atoms in total. The van der Waals surface area contributed by atoms with Crippen molar-refractivity contribution in [3.8, 4) is 11.4 Å². The number of hydrogen-bond donors (Lipinski definition) is 3. The van der Waals surface area contributed by atoms with Gasteiger partial charge >= 0.3 is 0 Å². The van der Waals surface area contributed by atoms with Crippen LogP contribution < -0.4 is 16.2 Å². The van der Waals surface area contributed by atoms with Crippen molar-refractivity contribution in [2.24, 2.45) is 0 Å². The molecular formula is C21H21BrN6OS. The maximum absolute atomic E-state index is 12.8. The van der Waals surface area contributed by atoms with Gasteiger partial charge in [-0.2, -0.15) is 0 Å². The second kappa shape index (κ2) is 6.83. The van der Waals surface area contributed by atoms with Crippen molar-refractivity contribution in [1.29, 1.82) is 0 Å². The zero-order chi connectivity index (χ0) is 20.4. The van der Waals surface area contributed by atoms with Crippen molar-refractivity contribution in [2.75, 3.05) is 36.8 Å². The molecule has 30 heavy (non-hydrogen) atoms. The molecule has 1 aliphatic heterocycles. The number of pyridine rings is 1. The Labute approximate surface area is 185 Å². The van der Waals surface area contributed by atoms with Crippen molar-refractivity contribution in [1.82, 2.24) is 19.9 Å². The van der Waals surface area contributed by atoms with Crippen molar-refractivity contribution in [3.63, 3.8) is 0 Å². The maximum atomic E-state index is 12.8. The third-order valence-corrected chi connectivity index (χ3v) is 8.11. The second-order valence-corrected chi connectivity index (χ2v) is 9.81. The SMILES string of the molecule is Nc1c(-c2nc3ccc(N4CCN(C5CC5)CC4)cc3[nH]2)c(=O)[nH]c2c(Br)csc12. The lowest BCUT2D eigenvalue weighted by molar-refractivity contribution is 0.248. The van der Waals surface area contributed by atoms with E-state index in [1.165, 1.54) is 29.9 Å².